The molecule has 2 aromatic carbocycles. The van der Waals surface area contributed by atoms with Crippen LogP contribution < -0.4 is 4.72 Å². The number of carbonyl (C=O) groups is 1. The van der Waals surface area contributed by atoms with Gasteiger partial charge in [0.25, 0.3) is 10.0 Å². The van der Waals surface area contributed by atoms with Gasteiger partial charge in [-0.05, 0) is 24.3 Å². The number of sulfonamides is 1. The van der Waals surface area contributed by atoms with Crippen LogP contribution in [-0.2, 0) is 20.9 Å². The van der Waals surface area contributed by atoms with E-state index in [1.54, 1.807) is 4.72 Å². The number of anilines is 1. The SMILES string of the molecule is COC(=O)c1cccc(NS(=O)(=O)c2c(Cl)cccc2C(F)(F)F)c1F. The van der Waals surface area contributed by atoms with E-state index < -0.39 is 54.7 Å². The number of nitrogens with one attached hydrogen (secondary N) is 1. The Morgan fingerprint density at radius 2 is 1.77 bits per heavy atom. The predicted molar refractivity (Wildman–Crippen MR) is 85.0 cm³/mol. The summed E-state index contributed by atoms with van der Waals surface area (Å²) < 4.78 is 84.5. The Hall–Kier alpha value is -2.33. The number of hydrogen-bond donors (Lipinski definition) is 1. The molecule has 11 heteroatoms. The van der Waals surface area contributed by atoms with Gasteiger partial charge in [0, 0.05) is 0 Å². The third-order valence-corrected chi connectivity index (χ3v) is 5.08. The van der Waals surface area contributed by atoms with E-state index in [0.29, 0.717) is 6.07 Å². The topological polar surface area (TPSA) is 72.5 Å². The summed E-state index contributed by atoms with van der Waals surface area (Å²) in [5, 5.41) is -0.697. The Morgan fingerprint density at radius 3 is 2.35 bits per heavy atom. The van der Waals surface area contributed by atoms with Crippen molar-refractivity contribution in [2.24, 2.45) is 0 Å². The van der Waals surface area contributed by atoms with E-state index in [-0.39, 0.29) is 0 Å². The number of alkyl halides is 3. The maximum Gasteiger partial charge on any atom is 0.417 e. The Labute approximate surface area is 150 Å². The van der Waals surface area contributed by atoms with Crippen molar-refractivity contribution in [1.82, 2.24) is 0 Å². The molecule has 26 heavy (non-hydrogen) atoms. The third kappa shape index (κ3) is 3.91. The van der Waals surface area contributed by atoms with Crippen LogP contribution in [0.4, 0.5) is 23.2 Å². The molecular weight excluding hydrogens is 402 g/mol. The third-order valence-electron chi connectivity index (χ3n) is 3.19. The van der Waals surface area contributed by atoms with Crippen LogP contribution >= 0.6 is 11.6 Å². The predicted octanol–water partition coefficient (Wildman–Crippen LogP) is 4.09. The zero-order valence-corrected chi connectivity index (χ0v) is 14.5. The first-order valence-corrected chi connectivity index (χ1v) is 8.60. The van der Waals surface area contributed by atoms with Crippen LogP contribution in [0.5, 0.6) is 0 Å². The first-order chi connectivity index (χ1) is 12.0. The fraction of sp³-hybridized carbons (Fsp3) is 0.133. The summed E-state index contributed by atoms with van der Waals surface area (Å²) >= 11 is 5.64. The highest BCUT2D eigenvalue weighted by atomic mass is 35.5. The molecule has 0 aliphatic carbocycles. The smallest absolute Gasteiger partial charge is 0.417 e. The number of halogens is 5. The molecule has 0 unspecified atom stereocenters. The summed E-state index contributed by atoms with van der Waals surface area (Å²) in [5.74, 6) is -2.39. The largest absolute Gasteiger partial charge is 0.465 e. The minimum atomic E-state index is -5.01. The summed E-state index contributed by atoms with van der Waals surface area (Å²) in [4.78, 5) is 10.2. The molecule has 0 radical (unpaired) electrons. The monoisotopic (exact) mass is 411 g/mol. The zero-order valence-electron chi connectivity index (χ0n) is 12.9. The summed E-state index contributed by atoms with van der Waals surface area (Å²) in [7, 11) is -3.94. The van der Waals surface area contributed by atoms with E-state index in [1.807, 2.05) is 0 Å². The van der Waals surface area contributed by atoms with Crippen LogP contribution in [0.3, 0.4) is 0 Å². The fourth-order valence-electron chi connectivity index (χ4n) is 2.08. The molecule has 1 N–H and O–H groups in total. The molecule has 0 amide bonds. The Balaban J connectivity index is 2.58. The number of hydrogen-bond acceptors (Lipinski definition) is 4. The highest BCUT2D eigenvalue weighted by Crippen LogP contribution is 2.38. The molecule has 0 fully saturated rings. The van der Waals surface area contributed by atoms with Crippen molar-refractivity contribution in [2.45, 2.75) is 11.1 Å². The number of rotatable bonds is 4. The van der Waals surface area contributed by atoms with Crippen LogP contribution in [-0.4, -0.2) is 21.5 Å². The lowest BCUT2D eigenvalue weighted by atomic mass is 10.2. The second kappa shape index (κ2) is 7.12. The van der Waals surface area contributed by atoms with Crippen molar-refractivity contribution in [3.8, 4) is 0 Å². The molecule has 2 aromatic rings. The van der Waals surface area contributed by atoms with E-state index in [2.05, 4.69) is 4.74 Å². The summed E-state index contributed by atoms with van der Waals surface area (Å²) in [6, 6.07) is 5.50. The molecule has 0 aliphatic heterocycles. The molecule has 5 nitrogen and oxygen atoms in total. The number of benzene rings is 2. The lowest BCUT2D eigenvalue weighted by Gasteiger charge is -2.16. The van der Waals surface area contributed by atoms with Gasteiger partial charge < -0.3 is 4.74 Å². The minimum Gasteiger partial charge on any atom is -0.465 e. The number of carbonyl (C=O) groups excluding carboxylic acids is 1. The quantitative estimate of drug-likeness (QED) is 0.607. The van der Waals surface area contributed by atoms with Gasteiger partial charge in [-0.15, -0.1) is 0 Å². The summed E-state index contributed by atoms with van der Waals surface area (Å²) in [6.45, 7) is 0. The second-order valence-electron chi connectivity index (χ2n) is 4.88. The van der Waals surface area contributed by atoms with Gasteiger partial charge in [-0.1, -0.05) is 23.7 Å². The van der Waals surface area contributed by atoms with E-state index in [9.17, 15) is 30.8 Å². The second-order valence-corrected chi connectivity index (χ2v) is 6.90. The van der Waals surface area contributed by atoms with Gasteiger partial charge in [-0.2, -0.15) is 13.2 Å². The van der Waals surface area contributed by atoms with Crippen molar-refractivity contribution in [1.29, 1.82) is 0 Å². The van der Waals surface area contributed by atoms with Gasteiger partial charge in [0.05, 0.1) is 28.9 Å². The molecule has 0 aromatic heterocycles. The van der Waals surface area contributed by atoms with Gasteiger partial charge in [0.1, 0.15) is 4.90 Å². The van der Waals surface area contributed by atoms with Crippen LogP contribution in [0.2, 0.25) is 5.02 Å². The fourth-order valence-corrected chi connectivity index (χ4v) is 3.91. The van der Waals surface area contributed by atoms with E-state index >= 15 is 0 Å². The highest BCUT2D eigenvalue weighted by Gasteiger charge is 2.39. The van der Waals surface area contributed by atoms with Crippen molar-refractivity contribution >= 4 is 33.3 Å². The van der Waals surface area contributed by atoms with Gasteiger partial charge in [0.15, 0.2) is 5.82 Å². The number of methoxy groups -OCH3 is 1. The molecular formula is C15H10ClF4NO4S. The van der Waals surface area contributed by atoms with Crippen molar-refractivity contribution < 1.29 is 35.5 Å². The molecule has 0 saturated carbocycles. The molecule has 0 heterocycles. The lowest BCUT2D eigenvalue weighted by Crippen LogP contribution is -2.20. The van der Waals surface area contributed by atoms with Crippen LogP contribution in [0.25, 0.3) is 0 Å². The molecule has 0 bridgehead atoms. The van der Waals surface area contributed by atoms with E-state index in [0.717, 1.165) is 37.4 Å². The normalized spacial score (nSPS) is 11.9. The molecule has 0 saturated heterocycles. The molecule has 0 aliphatic rings. The zero-order chi connectivity index (χ0) is 19.7. The van der Waals surface area contributed by atoms with Crippen molar-refractivity contribution in [3.63, 3.8) is 0 Å². The first-order valence-electron chi connectivity index (χ1n) is 6.74. The maximum atomic E-state index is 14.3. The van der Waals surface area contributed by atoms with E-state index in [4.69, 9.17) is 11.6 Å². The van der Waals surface area contributed by atoms with Gasteiger partial charge in [-0.25, -0.2) is 17.6 Å². The van der Waals surface area contributed by atoms with Crippen molar-refractivity contribution in [3.05, 3.63) is 58.4 Å². The lowest BCUT2D eigenvalue weighted by molar-refractivity contribution is -0.139. The Morgan fingerprint density at radius 1 is 1.15 bits per heavy atom. The first kappa shape index (κ1) is 20.0. The summed E-state index contributed by atoms with van der Waals surface area (Å²) in [6.07, 6.45) is -5.01. The average Bonchev–Trinajstić information content (AvgIpc) is 2.54. The molecule has 0 atom stereocenters. The molecule has 140 valence electrons. The minimum absolute atomic E-state index is 0.529. The standard InChI is InChI=1S/C15H10ClF4NO4S/c1-25-14(22)8-4-2-7-11(12(8)17)21-26(23,24)13-9(15(18,19)20)5-3-6-10(13)16/h2-7,21H,1H3. The van der Waals surface area contributed by atoms with Gasteiger partial charge in [-0.3, -0.25) is 4.72 Å². The Kier molecular flexibility index (Phi) is 5.47. The maximum absolute atomic E-state index is 14.3. The van der Waals surface area contributed by atoms with Gasteiger partial charge >= 0.3 is 12.1 Å². The number of esters is 1. The van der Waals surface area contributed by atoms with Crippen LogP contribution in [0.1, 0.15) is 15.9 Å². The molecule has 0 spiro atoms. The average molecular weight is 412 g/mol. The summed E-state index contributed by atoms with van der Waals surface area (Å²) in [5.41, 5.74) is -2.84. The van der Waals surface area contributed by atoms with Crippen LogP contribution in [0, 0.1) is 5.82 Å². The van der Waals surface area contributed by atoms with Crippen molar-refractivity contribution in [2.75, 3.05) is 11.8 Å². The van der Waals surface area contributed by atoms with Gasteiger partial charge in [0.2, 0.25) is 0 Å². The number of ether oxygens (including phenoxy) is 1. The highest BCUT2D eigenvalue weighted by molar-refractivity contribution is 7.93. The molecule has 2 rings (SSSR count). The Bertz CT molecular complexity index is 961. The van der Waals surface area contributed by atoms with E-state index in [1.165, 1.54) is 0 Å². The van der Waals surface area contributed by atoms with Crippen LogP contribution in [0.15, 0.2) is 41.3 Å².